The Bertz CT molecular complexity index is 432. The number of nitrogens with zero attached hydrogens (tertiary/aromatic N) is 2. The zero-order valence-electron chi connectivity index (χ0n) is 11.6. The summed E-state index contributed by atoms with van der Waals surface area (Å²) < 4.78 is 0. The zero-order valence-corrected chi connectivity index (χ0v) is 12.4. The highest BCUT2D eigenvalue weighted by Crippen LogP contribution is 2.43. The summed E-state index contributed by atoms with van der Waals surface area (Å²) in [6, 6.07) is 2.11. The molecular formula is C15H22N2S. The summed E-state index contributed by atoms with van der Waals surface area (Å²) in [6.07, 6.45) is 6.62. The van der Waals surface area contributed by atoms with Gasteiger partial charge in [0.05, 0.1) is 5.69 Å². The number of thioether (sulfide) groups is 1. The van der Waals surface area contributed by atoms with Crippen molar-refractivity contribution in [2.75, 3.05) is 5.75 Å². The molecule has 0 saturated carbocycles. The van der Waals surface area contributed by atoms with E-state index in [1.807, 2.05) is 25.6 Å². The highest BCUT2D eigenvalue weighted by atomic mass is 32.2. The monoisotopic (exact) mass is 262 g/mol. The van der Waals surface area contributed by atoms with Crippen LogP contribution in [0.4, 0.5) is 0 Å². The van der Waals surface area contributed by atoms with E-state index in [2.05, 4.69) is 23.0 Å². The molecule has 0 spiro atoms. The van der Waals surface area contributed by atoms with Gasteiger partial charge in [-0.25, -0.2) is 9.97 Å². The lowest BCUT2D eigenvalue weighted by atomic mass is 10.1. The molecule has 0 unspecified atom stereocenters. The van der Waals surface area contributed by atoms with Crippen molar-refractivity contribution >= 4 is 16.7 Å². The summed E-state index contributed by atoms with van der Waals surface area (Å²) in [5.74, 6) is 2.08. The molecule has 1 aliphatic rings. The Morgan fingerprint density at radius 3 is 2.61 bits per heavy atom. The van der Waals surface area contributed by atoms with Crippen molar-refractivity contribution in [2.45, 2.75) is 52.9 Å². The van der Waals surface area contributed by atoms with Crippen LogP contribution in [-0.4, -0.2) is 15.7 Å². The molecule has 0 atom stereocenters. The molecule has 0 saturated heterocycles. The standard InChI is InChI=1S/C15H22N2S/c1-4-5-6-7-8-13-10-18-15(13)14-9-11(2)16-12(3)17-14/h9H,4-8,10H2,1-3H3. The predicted molar refractivity (Wildman–Crippen MR) is 79.6 cm³/mol. The molecule has 18 heavy (non-hydrogen) atoms. The van der Waals surface area contributed by atoms with Crippen molar-refractivity contribution in [3.8, 4) is 0 Å². The maximum absolute atomic E-state index is 4.56. The second-order valence-electron chi connectivity index (χ2n) is 4.97. The molecule has 0 fully saturated rings. The molecule has 1 aliphatic heterocycles. The molecule has 1 aromatic heterocycles. The largest absolute Gasteiger partial charge is 0.239 e. The predicted octanol–water partition coefficient (Wildman–Crippen LogP) is 4.52. The van der Waals surface area contributed by atoms with Gasteiger partial charge >= 0.3 is 0 Å². The molecule has 2 heterocycles. The van der Waals surface area contributed by atoms with Crippen molar-refractivity contribution in [1.29, 1.82) is 0 Å². The van der Waals surface area contributed by atoms with Crippen LogP contribution in [0.1, 0.15) is 56.2 Å². The summed E-state index contributed by atoms with van der Waals surface area (Å²) in [5, 5.41) is 0. The molecule has 0 amide bonds. The first kappa shape index (κ1) is 13.6. The molecule has 3 heteroatoms. The number of aromatic nitrogens is 2. The smallest absolute Gasteiger partial charge is 0.126 e. The third kappa shape index (κ3) is 3.35. The van der Waals surface area contributed by atoms with Crippen LogP contribution in [0.15, 0.2) is 11.6 Å². The second-order valence-corrected chi connectivity index (χ2v) is 5.96. The lowest BCUT2D eigenvalue weighted by molar-refractivity contribution is 0.665. The first-order valence-corrected chi connectivity index (χ1v) is 7.86. The normalized spacial score (nSPS) is 14.8. The Balaban J connectivity index is 2.03. The molecule has 0 N–H and O–H groups in total. The number of hydrogen-bond acceptors (Lipinski definition) is 3. The highest BCUT2D eigenvalue weighted by molar-refractivity contribution is 8.10. The van der Waals surface area contributed by atoms with Crippen LogP contribution in [0.2, 0.25) is 0 Å². The average Bonchev–Trinajstić information content (AvgIpc) is 2.26. The van der Waals surface area contributed by atoms with Crippen LogP contribution in [-0.2, 0) is 0 Å². The van der Waals surface area contributed by atoms with Crippen molar-refractivity contribution in [3.05, 3.63) is 28.9 Å². The Hall–Kier alpha value is -0.830. The molecule has 2 rings (SSSR count). The van der Waals surface area contributed by atoms with Gasteiger partial charge in [0.15, 0.2) is 0 Å². The molecule has 98 valence electrons. The van der Waals surface area contributed by atoms with Gasteiger partial charge in [-0.3, -0.25) is 0 Å². The molecule has 0 aliphatic carbocycles. The lowest BCUT2D eigenvalue weighted by Crippen LogP contribution is -2.06. The third-order valence-electron chi connectivity index (χ3n) is 3.24. The minimum Gasteiger partial charge on any atom is -0.239 e. The Morgan fingerprint density at radius 1 is 1.17 bits per heavy atom. The number of unbranched alkanes of at least 4 members (excludes halogenated alkanes) is 3. The van der Waals surface area contributed by atoms with E-state index in [4.69, 9.17) is 0 Å². The van der Waals surface area contributed by atoms with Crippen molar-refractivity contribution in [2.24, 2.45) is 0 Å². The second kappa shape index (κ2) is 6.37. The van der Waals surface area contributed by atoms with Gasteiger partial charge in [0, 0.05) is 16.4 Å². The average molecular weight is 262 g/mol. The highest BCUT2D eigenvalue weighted by Gasteiger charge is 2.20. The van der Waals surface area contributed by atoms with Crippen molar-refractivity contribution < 1.29 is 0 Å². The van der Waals surface area contributed by atoms with Gasteiger partial charge in [0.2, 0.25) is 0 Å². The summed E-state index contributed by atoms with van der Waals surface area (Å²) in [6.45, 7) is 6.28. The molecule has 0 aromatic carbocycles. The van der Waals surface area contributed by atoms with Crippen LogP contribution < -0.4 is 0 Å². The Kier molecular flexibility index (Phi) is 4.81. The van der Waals surface area contributed by atoms with Gasteiger partial charge in [-0.05, 0) is 38.3 Å². The van der Waals surface area contributed by atoms with E-state index in [1.54, 1.807) is 5.57 Å². The summed E-state index contributed by atoms with van der Waals surface area (Å²) in [7, 11) is 0. The van der Waals surface area contributed by atoms with E-state index in [1.165, 1.54) is 42.8 Å². The van der Waals surface area contributed by atoms with Gasteiger partial charge < -0.3 is 0 Å². The minimum absolute atomic E-state index is 0.885. The van der Waals surface area contributed by atoms with Crippen LogP contribution in [0.3, 0.4) is 0 Å². The fraction of sp³-hybridized carbons (Fsp3) is 0.600. The van der Waals surface area contributed by atoms with Gasteiger partial charge in [-0.15, -0.1) is 11.8 Å². The van der Waals surface area contributed by atoms with Crippen molar-refractivity contribution in [1.82, 2.24) is 9.97 Å². The maximum Gasteiger partial charge on any atom is 0.126 e. The number of aryl methyl sites for hydroxylation is 2. The zero-order chi connectivity index (χ0) is 13.0. The van der Waals surface area contributed by atoms with Crippen molar-refractivity contribution in [3.63, 3.8) is 0 Å². The van der Waals surface area contributed by atoms with Gasteiger partial charge in [0.1, 0.15) is 5.82 Å². The fourth-order valence-corrected chi connectivity index (χ4v) is 3.28. The molecule has 0 bridgehead atoms. The Labute approximate surface area is 114 Å². The Morgan fingerprint density at radius 2 is 2.00 bits per heavy atom. The summed E-state index contributed by atoms with van der Waals surface area (Å²) >= 11 is 1.94. The molecule has 2 nitrogen and oxygen atoms in total. The van der Waals surface area contributed by atoms with E-state index >= 15 is 0 Å². The summed E-state index contributed by atoms with van der Waals surface area (Å²) in [4.78, 5) is 10.3. The maximum atomic E-state index is 4.56. The van der Waals surface area contributed by atoms with E-state index in [0.717, 1.165) is 17.2 Å². The molecule has 0 radical (unpaired) electrons. The van der Waals surface area contributed by atoms with Gasteiger partial charge in [-0.2, -0.15) is 0 Å². The first-order valence-electron chi connectivity index (χ1n) is 6.88. The minimum atomic E-state index is 0.885. The topological polar surface area (TPSA) is 25.8 Å². The summed E-state index contributed by atoms with van der Waals surface area (Å²) in [5.41, 5.74) is 3.82. The fourth-order valence-electron chi connectivity index (χ4n) is 2.29. The van der Waals surface area contributed by atoms with E-state index in [9.17, 15) is 0 Å². The van der Waals surface area contributed by atoms with Crippen LogP contribution in [0.5, 0.6) is 0 Å². The van der Waals surface area contributed by atoms with E-state index in [-0.39, 0.29) is 0 Å². The third-order valence-corrected chi connectivity index (χ3v) is 4.52. The number of hydrogen-bond donors (Lipinski definition) is 0. The van der Waals surface area contributed by atoms with E-state index < -0.39 is 0 Å². The lowest BCUT2D eigenvalue weighted by Gasteiger charge is -2.23. The number of rotatable bonds is 6. The van der Waals surface area contributed by atoms with Gasteiger partial charge in [0.25, 0.3) is 0 Å². The molecule has 1 aromatic rings. The van der Waals surface area contributed by atoms with Crippen LogP contribution in [0, 0.1) is 13.8 Å². The van der Waals surface area contributed by atoms with Gasteiger partial charge in [-0.1, -0.05) is 26.2 Å². The SMILES string of the molecule is CCCCCCC1=C(c2cc(C)nc(C)n2)SC1. The molecular weight excluding hydrogens is 240 g/mol. The van der Waals surface area contributed by atoms with Crippen LogP contribution in [0.25, 0.3) is 4.91 Å². The quantitative estimate of drug-likeness (QED) is 0.705. The van der Waals surface area contributed by atoms with Crippen LogP contribution >= 0.6 is 11.8 Å². The first-order chi connectivity index (χ1) is 8.70. The van der Waals surface area contributed by atoms with E-state index in [0.29, 0.717) is 0 Å².